The van der Waals surface area contributed by atoms with E-state index in [4.69, 9.17) is 9.47 Å². The normalized spacial score (nSPS) is 26.5. The Morgan fingerprint density at radius 1 is 0.968 bits per heavy atom. The molecule has 174 valence electrons. The number of hydrogen-bond acceptors (Lipinski definition) is 3. The number of carbonyl (C=O) groups excluding carboxylic acids is 1. The number of esters is 1. The molecular formula is C26H38F2O3. The first-order chi connectivity index (χ1) is 15.0. The van der Waals surface area contributed by atoms with Crippen LogP contribution in [0, 0.1) is 29.4 Å². The number of benzene rings is 1. The van der Waals surface area contributed by atoms with Crippen molar-refractivity contribution >= 4 is 5.97 Å². The molecule has 0 bridgehead atoms. The molecule has 2 fully saturated rings. The Hall–Kier alpha value is -1.65. The summed E-state index contributed by atoms with van der Waals surface area (Å²) in [4.78, 5) is 12.7. The van der Waals surface area contributed by atoms with Crippen molar-refractivity contribution in [3.05, 3.63) is 29.3 Å². The van der Waals surface area contributed by atoms with Crippen LogP contribution < -0.4 is 4.74 Å². The summed E-state index contributed by atoms with van der Waals surface area (Å²) < 4.78 is 39.2. The molecule has 2 aliphatic rings. The third kappa shape index (κ3) is 6.43. The van der Waals surface area contributed by atoms with Gasteiger partial charge in [0.15, 0.2) is 11.6 Å². The highest BCUT2D eigenvalue weighted by molar-refractivity contribution is 5.73. The molecule has 0 amide bonds. The number of cyclic esters (lactones) is 1. The monoisotopic (exact) mass is 436 g/mol. The van der Waals surface area contributed by atoms with E-state index in [1.54, 1.807) is 13.0 Å². The largest absolute Gasteiger partial charge is 0.491 e. The van der Waals surface area contributed by atoms with Gasteiger partial charge in [0.1, 0.15) is 6.10 Å². The predicted octanol–water partition coefficient (Wildman–Crippen LogP) is 7.00. The van der Waals surface area contributed by atoms with E-state index in [1.807, 2.05) is 0 Å². The summed E-state index contributed by atoms with van der Waals surface area (Å²) in [6.07, 6.45) is 12.3. The zero-order chi connectivity index (χ0) is 22.2. The standard InChI is InChI=1S/C26H38F2O3/c1-3-5-6-7-18-8-10-19(11-9-18)22-16-15-21(31-26(22)29)14-12-20-13-17-23(30-4-2)25(28)24(20)27/h13,17-19,21-22H,3-12,14-16H2,1-2H3. The van der Waals surface area contributed by atoms with Crippen LogP contribution in [0.5, 0.6) is 5.75 Å². The van der Waals surface area contributed by atoms with Gasteiger partial charge >= 0.3 is 5.97 Å². The van der Waals surface area contributed by atoms with E-state index in [1.165, 1.54) is 44.6 Å². The Kier molecular flexibility index (Phi) is 9.15. The van der Waals surface area contributed by atoms with Gasteiger partial charge in [0.2, 0.25) is 5.82 Å². The molecule has 1 heterocycles. The lowest BCUT2D eigenvalue weighted by molar-refractivity contribution is -0.164. The molecule has 3 rings (SSSR count). The van der Waals surface area contributed by atoms with Crippen molar-refractivity contribution in [2.75, 3.05) is 6.61 Å². The molecule has 2 unspecified atom stereocenters. The molecule has 0 aromatic heterocycles. The van der Waals surface area contributed by atoms with Gasteiger partial charge in [-0.1, -0.05) is 51.5 Å². The second-order valence-corrected chi connectivity index (χ2v) is 9.34. The average molecular weight is 437 g/mol. The smallest absolute Gasteiger partial charge is 0.309 e. The molecule has 0 radical (unpaired) electrons. The van der Waals surface area contributed by atoms with E-state index in [-0.39, 0.29) is 30.3 Å². The van der Waals surface area contributed by atoms with Crippen LogP contribution in [-0.2, 0) is 16.0 Å². The quantitative estimate of drug-likeness (QED) is 0.292. The topological polar surface area (TPSA) is 35.5 Å². The van der Waals surface area contributed by atoms with E-state index in [0.717, 1.165) is 31.6 Å². The molecule has 1 aromatic carbocycles. The van der Waals surface area contributed by atoms with E-state index < -0.39 is 11.6 Å². The fourth-order valence-electron chi connectivity index (χ4n) is 5.34. The molecule has 0 spiro atoms. The lowest BCUT2D eigenvalue weighted by atomic mass is 9.72. The van der Waals surface area contributed by atoms with Crippen LogP contribution >= 0.6 is 0 Å². The van der Waals surface area contributed by atoms with Gasteiger partial charge in [-0.2, -0.15) is 4.39 Å². The molecule has 1 saturated heterocycles. The first-order valence-electron chi connectivity index (χ1n) is 12.3. The zero-order valence-corrected chi connectivity index (χ0v) is 19.1. The first-order valence-corrected chi connectivity index (χ1v) is 12.3. The number of halogens is 2. The van der Waals surface area contributed by atoms with Gasteiger partial charge < -0.3 is 9.47 Å². The van der Waals surface area contributed by atoms with E-state index in [9.17, 15) is 13.6 Å². The number of ether oxygens (including phenoxy) is 2. The van der Waals surface area contributed by atoms with Crippen LogP contribution in [0.25, 0.3) is 0 Å². The molecule has 0 N–H and O–H groups in total. The van der Waals surface area contributed by atoms with Crippen molar-refractivity contribution in [2.45, 2.75) is 97.0 Å². The second kappa shape index (κ2) is 11.8. The summed E-state index contributed by atoms with van der Waals surface area (Å²) in [5.41, 5.74) is 0.306. The first kappa shape index (κ1) is 24.0. The SMILES string of the molecule is CCCCCC1CCC(C2CCC(CCc3ccc(OCC)c(F)c3F)OC2=O)CC1. The van der Waals surface area contributed by atoms with Crippen LogP contribution in [0.2, 0.25) is 0 Å². The number of hydrogen-bond donors (Lipinski definition) is 0. The lowest BCUT2D eigenvalue weighted by Gasteiger charge is -2.36. The summed E-state index contributed by atoms with van der Waals surface area (Å²) >= 11 is 0. The average Bonchev–Trinajstić information content (AvgIpc) is 2.77. The van der Waals surface area contributed by atoms with Crippen molar-refractivity contribution < 1.29 is 23.0 Å². The maximum Gasteiger partial charge on any atom is 0.309 e. The summed E-state index contributed by atoms with van der Waals surface area (Å²) in [5.74, 6) is -0.632. The van der Waals surface area contributed by atoms with Crippen LogP contribution in [-0.4, -0.2) is 18.7 Å². The molecule has 5 heteroatoms. The van der Waals surface area contributed by atoms with Crippen molar-refractivity contribution in [1.29, 1.82) is 0 Å². The van der Waals surface area contributed by atoms with E-state index in [0.29, 0.717) is 24.3 Å². The highest BCUT2D eigenvalue weighted by atomic mass is 19.2. The third-order valence-electron chi connectivity index (χ3n) is 7.22. The molecule has 2 atom stereocenters. The van der Waals surface area contributed by atoms with Crippen LogP contribution in [0.3, 0.4) is 0 Å². The van der Waals surface area contributed by atoms with Gasteiger partial charge in [-0.25, -0.2) is 4.39 Å². The maximum atomic E-state index is 14.3. The zero-order valence-electron chi connectivity index (χ0n) is 19.1. The molecule has 1 aromatic rings. The highest BCUT2D eigenvalue weighted by Gasteiger charge is 2.37. The van der Waals surface area contributed by atoms with Crippen molar-refractivity contribution in [3.8, 4) is 5.75 Å². The molecular weight excluding hydrogens is 398 g/mol. The van der Waals surface area contributed by atoms with E-state index >= 15 is 0 Å². The summed E-state index contributed by atoms with van der Waals surface area (Å²) in [7, 11) is 0. The minimum atomic E-state index is -0.939. The third-order valence-corrected chi connectivity index (χ3v) is 7.22. The molecule has 1 saturated carbocycles. The lowest BCUT2D eigenvalue weighted by Crippen LogP contribution is -2.37. The van der Waals surface area contributed by atoms with Gasteiger partial charge in [0.25, 0.3) is 0 Å². The minimum absolute atomic E-state index is 0.0208. The number of unbranched alkanes of at least 4 members (excludes halogenated alkanes) is 2. The molecule has 31 heavy (non-hydrogen) atoms. The number of aryl methyl sites for hydroxylation is 1. The molecule has 1 aliphatic carbocycles. The summed E-state index contributed by atoms with van der Waals surface area (Å²) in [5, 5.41) is 0. The van der Waals surface area contributed by atoms with Crippen LogP contribution in [0.15, 0.2) is 12.1 Å². The summed E-state index contributed by atoms with van der Waals surface area (Å²) in [6, 6.07) is 3.04. The van der Waals surface area contributed by atoms with Crippen molar-refractivity contribution in [1.82, 2.24) is 0 Å². The maximum absolute atomic E-state index is 14.3. The molecule has 3 nitrogen and oxygen atoms in total. The fraction of sp³-hybridized carbons (Fsp3) is 0.731. The molecule has 1 aliphatic heterocycles. The number of rotatable bonds is 10. The van der Waals surface area contributed by atoms with Gasteiger partial charge in [-0.15, -0.1) is 0 Å². The van der Waals surface area contributed by atoms with Gasteiger partial charge in [-0.05, 0) is 68.9 Å². The Bertz CT molecular complexity index is 713. The van der Waals surface area contributed by atoms with Crippen molar-refractivity contribution in [3.63, 3.8) is 0 Å². The Morgan fingerprint density at radius 2 is 1.74 bits per heavy atom. The van der Waals surface area contributed by atoms with E-state index in [2.05, 4.69) is 6.92 Å². The van der Waals surface area contributed by atoms with Gasteiger partial charge in [0, 0.05) is 0 Å². The van der Waals surface area contributed by atoms with Crippen LogP contribution in [0.4, 0.5) is 8.78 Å². The fourth-order valence-corrected chi connectivity index (χ4v) is 5.34. The highest BCUT2D eigenvalue weighted by Crippen LogP contribution is 2.40. The van der Waals surface area contributed by atoms with Gasteiger partial charge in [-0.3, -0.25) is 4.79 Å². The van der Waals surface area contributed by atoms with Crippen LogP contribution in [0.1, 0.15) is 90.0 Å². The van der Waals surface area contributed by atoms with Crippen molar-refractivity contribution in [2.24, 2.45) is 17.8 Å². The minimum Gasteiger partial charge on any atom is -0.491 e. The number of carbonyl (C=O) groups is 1. The predicted molar refractivity (Wildman–Crippen MR) is 118 cm³/mol. The Labute approximate surface area is 185 Å². The van der Waals surface area contributed by atoms with Gasteiger partial charge in [0.05, 0.1) is 12.5 Å². The summed E-state index contributed by atoms with van der Waals surface area (Å²) in [6.45, 7) is 4.26. The Morgan fingerprint density at radius 3 is 2.42 bits per heavy atom. The second-order valence-electron chi connectivity index (χ2n) is 9.34. The Balaban J connectivity index is 1.44.